The first-order valence-electron chi connectivity index (χ1n) is 14.2. The van der Waals surface area contributed by atoms with Crippen molar-refractivity contribution in [1.82, 2.24) is 4.57 Å². The second-order valence-corrected chi connectivity index (χ2v) is 10.2. The molecule has 35 heavy (non-hydrogen) atoms. The molecule has 0 fully saturated rings. The lowest BCUT2D eigenvalue weighted by molar-refractivity contribution is -0.142. The minimum absolute atomic E-state index is 0.141. The van der Waals surface area contributed by atoms with Crippen molar-refractivity contribution in [2.45, 2.75) is 122 Å². The van der Waals surface area contributed by atoms with Crippen molar-refractivity contribution < 1.29 is 14.3 Å². The fraction of sp³-hybridized carbons (Fsp3) is 0.677. The molecule has 1 heterocycles. The standard InChI is InChI=1S/C31H49NO3/c1-5-6-7-8-9-10-11-12-13-14-15-16-17-18-19-24-28(33)29-26-22-20-21-23-27(26)32(3)30(29)25(2)31(34)35-4/h20-23,25H,5-19,24H2,1-4H3. The molecule has 1 aromatic carbocycles. The van der Waals surface area contributed by atoms with Gasteiger partial charge in [-0.05, 0) is 19.4 Å². The van der Waals surface area contributed by atoms with E-state index in [1.807, 2.05) is 42.8 Å². The second kappa shape index (κ2) is 16.5. The molecular formula is C31H49NO3. The Morgan fingerprint density at radius 3 is 1.80 bits per heavy atom. The third-order valence-electron chi connectivity index (χ3n) is 7.40. The minimum Gasteiger partial charge on any atom is -0.469 e. The van der Waals surface area contributed by atoms with Gasteiger partial charge in [0.25, 0.3) is 0 Å². The molecule has 0 saturated carbocycles. The molecule has 4 nitrogen and oxygen atoms in total. The monoisotopic (exact) mass is 483 g/mol. The van der Waals surface area contributed by atoms with E-state index in [-0.39, 0.29) is 11.8 Å². The Balaban J connectivity index is 1.69. The van der Waals surface area contributed by atoms with Crippen LogP contribution < -0.4 is 0 Å². The van der Waals surface area contributed by atoms with E-state index in [1.165, 1.54) is 90.6 Å². The summed E-state index contributed by atoms with van der Waals surface area (Å²) in [4.78, 5) is 25.6. The van der Waals surface area contributed by atoms with E-state index in [0.717, 1.165) is 29.4 Å². The Morgan fingerprint density at radius 2 is 1.29 bits per heavy atom. The fourth-order valence-electron chi connectivity index (χ4n) is 5.28. The van der Waals surface area contributed by atoms with E-state index in [1.54, 1.807) is 0 Å². The number of ether oxygens (including phenoxy) is 1. The Labute approximate surface area is 213 Å². The lowest BCUT2D eigenvalue weighted by atomic mass is 9.95. The van der Waals surface area contributed by atoms with Crippen molar-refractivity contribution in [3.63, 3.8) is 0 Å². The third-order valence-corrected chi connectivity index (χ3v) is 7.40. The van der Waals surface area contributed by atoms with Crippen molar-refractivity contribution in [3.8, 4) is 0 Å². The molecule has 196 valence electrons. The zero-order valence-corrected chi connectivity index (χ0v) is 22.9. The normalized spacial score (nSPS) is 12.2. The van der Waals surface area contributed by atoms with E-state index in [4.69, 9.17) is 4.74 Å². The van der Waals surface area contributed by atoms with Crippen LogP contribution in [-0.4, -0.2) is 23.4 Å². The van der Waals surface area contributed by atoms with Gasteiger partial charge in [-0.25, -0.2) is 0 Å². The van der Waals surface area contributed by atoms with Crippen LogP contribution in [0.4, 0.5) is 0 Å². The number of rotatable bonds is 19. The summed E-state index contributed by atoms with van der Waals surface area (Å²) in [5.74, 6) is -0.642. The van der Waals surface area contributed by atoms with Gasteiger partial charge in [-0.15, -0.1) is 0 Å². The van der Waals surface area contributed by atoms with Crippen molar-refractivity contribution in [3.05, 3.63) is 35.5 Å². The SMILES string of the molecule is CCCCCCCCCCCCCCCCCC(=O)c1c(C(C)C(=O)OC)n(C)c2ccccc12. The van der Waals surface area contributed by atoms with Crippen LogP contribution in [0, 0.1) is 0 Å². The summed E-state index contributed by atoms with van der Waals surface area (Å²) in [6.45, 7) is 4.10. The van der Waals surface area contributed by atoms with Gasteiger partial charge in [-0.1, -0.05) is 115 Å². The molecule has 1 aromatic heterocycles. The molecule has 1 unspecified atom stereocenters. The van der Waals surface area contributed by atoms with Crippen molar-refractivity contribution in [2.75, 3.05) is 7.11 Å². The summed E-state index contributed by atoms with van der Waals surface area (Å²) >= 11 is 0. The Kier molecular flexibility index (Phi) is 13.8. The van der Waals surface area contributed by atoms with Crippen molar-refractivity contribution in [2.24, 2.45) is 7.05 Å². The van der Waals surface area contributed by atoms with Gasteiger partial charge in [-0.3, -0.25) is 9.59 Å². The summed E-state index contributed by atoms with van der Waals surface area (Å²) in [7, 11) is 3.33. The molecule has 0 spiro atoms. The third kappa shape index (κ3) is 9.13. The first kappa shape index (κ1) is 29.1. The minimum atomic E-state index is -0.475. The van der Waals surface area contributed by atoms with Crippen LogP contribution in [-0.2, 0) is 16.6 Å². The Bertz CT molecular complexity index is 898. The highest BCUT2D eigenvalue weighted by molar-refractivity contribution is 6.10. The summed E-state index contributed by atoms with van der Waals surface area (Å²) in [5, 5.41) is 0.937. The number of hydrogen-bond acceptors (Lipinski definition) is 3. The molecule has 0 radical (unpaired) electrons. The summed E-state index contributed by atoms with van der Waals surface area (Å²) in [6, 6.07) is 7.92. The molecule has 0 aliphatic rings. The quantitative estimate of drug-likeness (QED) is 0.114. The molecule has 2 aromatic rings. The molecule has 0 bridgehead atoms. The number of unbranched alkanes of at least 4 members (excludes halogenated alkanes) is 14. The Morgan fingerprint density at radius 1 is 0.800 bits per heavy atom. The first-order valence-corrected chi connectivity index (χ1v) is 14.2. The fourth-order valence-corrected chi connectivity index (χ4v) is 5.28. The molecule has 1 atom stereocenters. The lowest BCUT2D eigenvalue weighted by Crippen LogP contribution is -2.17. The number of aromatic nitrogens is 1. The maximum Gasteiger partial charge on any atom is 0.314 e. The van der Waals surface area contributed by atoms with Crippen LogP contribution in [0.25, 0.3) is 10.9 Å². The number of nitrogens with zero attached hydrogens (tertiary/aromatic N) is 1. The van der Waals surface area contributed by atoms with Gasteiger partial charge in [-0.2, -0.15) is 0 Å². The summed E-state index contributed by atoms with van der Waals surface area (Å²) in [5.41, 5.74) is 2.45. The van der Waals surface area contributed by atoms with Gasteiger partial charge in [0.2, 0.25) is 0 Å². The van der Waals surface area contributed by atoms with Crippen molar-refractivity contribution >= 4 is 22.7 Å². The maximum atomic E-state index is 13.3. The van der Waals surface area contributed by atoms with E-state index in [2.05, 4.69) is 6.92 Å². The largest absolute Gasteiger partial charge is 0.469 e. The number of hydrogen-bond donors (Lipinski definition) is 0. The van der Waals surface area contributed by atoms with E-state index < -0.39 is 5.92 Å². The molecule has 0 aliphatic carbocycles. The smallest absolute Gasteiger partial charge is 0.314 e. The predicted octanol–water partition coefficient (Wildman–Crippen LogP) is 8.90. The van der Waals surface area contributed by atoms with Gasteiger partial charge >= 0.3 is 5.97 Å². The maximum absolute atomic E-state index is 13.3. The molecule has 4 heteroatoms. The highest BCUT2D eigenvalue weighted by atomic mass is 16.5. The number of carbonyl (C=O) groups is 2. The van der Waals surface area contributed by atoms with Gasteiger partial charge in [0.05, 0.1) is 13.0 Å². The van der Waals surface area contributed by atoms with Crippen molar-refractivity contribution in [1.29, 1.82) is 0 Å². The van der Waals surface area contributed by atoms with Crippen LogP contribution in [0.15, 0.2) is 24.3 Å². The lowest BCUT2D eigenvalue weighted by Gasteiger charge is -2.13. The second-order valence-electron chi connectivity index (χ2n) is 10.2. The van der Waals surface area contributed by atoms with Gasteiger partial charge in [0.1, 0.15) is 0 Å². The summed E-state index contributed by atoms with van der Waals surface area (Å²) < 4.78 is 6.96. The number of carbonyl (C=O) groups excluding carboxylic acids is 2. The molecule has 0 aliphatic heterocycles. The number of esters is 1. The van der Waals surface area contributed by atoms with E-state index in [0.29, 0.717) is 12.0 Å². The average Bonchev–Trinajstić information content (AvgIpc) is 3.17. The number of Topliss-reactive ketones (excluding diaryl/α,β-unsaturated/α-hetero) is 1. The van der Waals surface area contributed by atoms with Gasteiger partial charge in [0, 0.05) is 35.6 Å². The number of aryl methyl sites for hydroxylation is 1. The topological polar surface area (TPSA) is 48.3 Å². The van der Waals surface area contributed by atoms with Gasteiger partial charge in [0.15, 0.2) is 5.78 Å². The number of benzene rings is 1. The predicted molar refractivity (Wildman–Crippen MR) is 147 cm³/mol. The van der Waals surface area contributed by atoms with Crippen LogP contribution in [0.2, 0.25) is 0 Å². The van der Waals surface area contributed by atoms with Gasteiger partial charge < -0.3 is 9.30 Å². The molecule has 0 saturated heterocycles. The first-order chi connectivity index (χ1) is 17.0. The van der Waals surface area contributed by atoms with Crippen LogP contribution in [0.3, 0.4) is 0 Å². The average molecular weight is 484 g/mol. The molecular weight excluding hydrogens is 434 g/mol. The highest BCUT2D eigenvalue weighted by Gasteiger charge is 2.28. The number of methoxy groups -OCH3 is 1. The zero-order valence-electron chi connectivity index (χ0n) is 22.9. The van der Waals surface area contributed by atoms with E-state index in [9.17, 15) is 9.59 Å². The number of ketones is 1. The highest BCUT2D eigenvalue weighted by Crippen LogP contribution is 2.32. The number of para-hydroxylation sites is 1. The molecule has 2 rings (SSSR count). The zero-order chi connectivity index (χ0) is 25.5. The molecule has 0 N–H and O–H groups in total. The Hall–Kier alpha value is -2.10. The summed E-state index contributed by atoms with van der Waals surface area (Å²) in [6.07, 6.45) is 20.2. The molecule has 0 amide bonds. The number of fused-ring (bicyclic) bond motifs is 1. The van der Waals surface area contributed by atoms with Crippen LogP contribution in [0.1, 0.15) is 139 Å². The van der Waals surface area contributed by atoms with E-state index >= 15 is 0 Å². The van der Waals surface area contributed by atoms with Crippen LogP contribution >= 0.6 is 0 Å². The van der Waals surface area contributed by atoms with Crippen LogP contribution in [0.5, 0.6) is 0 Å².